The lowest BCUT2D eigenvalue weighted by Gasteiger charge is -2.48. The molecule has 2 aromatic carbocycles. The molecule has 1 heterocycles. The Hall–Kier alpha value is -2.44. The number of hydrogen-bond donors (Lipinski definition) is 1. The molecule has 5 nitrogen and oxygen atoms in total. The zero-order valence-corrected chi connectivity index (χ0v) is 15.7. The second-order valence-electron chi connectivity index (χ2n) is 7.21. The number of likely N-dealkylation sites (tertiary alicyclic amines) is 1. The largest absolute Gasteiger partial charge is 0.465 e. The molecule has 1 N–H and O–H groups in total. The predicted molar refractivity (Wildman–Crippen MR) is 103 cm³/mol. The van der Waals surface area contributed by atoms with Gasteiger partial charge in [-0.1, -0.05) is 12.1 Å². The SMILES string of the molecule is COC(=O)c1ccc(N(C)CC2(O)CN(CCc3ccc(F)cc3)C2)cc1. The molecule has 0 unspecified atom stereocenters. The summed E-state index contributed by atoms with van der Waals surface area (Å²) in [7, 11) is 3.28. The molecule has 1 aliphatic rings. The van der Waals surface area contributed by atoms with Gasteiger partial charge in [0.1, 0.15) is 11.4 Å². The smallest absolute Gasteiger partial charge is 0.337 e. The maximum atomic E-state index is 12.9. The highest BCUT2D eigenvalue weighted by Crippen LogP contribution is 2.25. The molecule has 0 aromatic heterocycles. The minimum absolute atomic E-state index is 0.222. The molecule has 6 heteroatoms. The van der Waals surface area contributed by atoms with E-state index in [0.29, 0.717) is 25.2 Å². The number of carbonyl (C=O) groups is 1. The Balaban J connectivity index is 1.47. The maximum absolute atomic E-state index is 12.9. The Bertz CT molecular complexity index is 771. The number of hydrogen-bond acceptors (Lipinski definition) is 5. The van der Waals surface area contributed by atoms with Crippen molar-refractivity contribution in [1.82, 2.24) is 4.90 Å². The minimum atomic E-state index is -0.751. The second-order valence-corrected chi connectivity index (χ2v) is 7.21. The van der Waals surface area contributed by atoms with Crippen LogP contribution in [-0.4, -0.2) is 61.9 Å². The fourth-order valence-corrected chi connectivity index (χ4v) is 3.49. The first-order valence-corrected chi connectivity index (χ1v) is 8.97. The molecule has 0 atom stereocenters. The van der Waals surface area contributed by atoms with Crippen molar-refractivity contribution >= 4 is 11.7 Å². The number of benzene rings is 2. The number of likely N-dealkylation sites (N-methyl/N-ethyl adjacent to an activating group) is 1. The fraction of sp³-hybridized carbons (Fsp3) is 0.381. The third kappa shape index (κ3) is 4.84. The predicted octanol–water partition coefficient (Wildman–Crippen LogP) is 2.34. The number of nitrogens with zero attached hydrogens (tertiary/aromatic N) is 2. The van der Waals surface area contributed by atoms with Crippen molar-refractivity contribution in [2.45, 2.75) is 12.0 Å². The van der Waals surface area contributed by atoms with Crippen LogP contribution in [0.5, 0.6) is 0 Å². The lowest BCUT2D eigenvalue weighted by Crippen LogP contribution is -2.66. The summed E-state index contributed by atoms with van der Waals surface area (Å²) in [5, 5.41) is 10.7. The number of halogens is 1. The van der Waals surface area contributed by atoms with Crippen molar-refractivity contribution in [3.05, 3.63) is 65.5 Å². The van der Waals surface area contributed by atoms with E-state index in [4.69, 9.17) is 4.74 Å². The van der Waals surface area contributed by atoms with Gasteiger partial charge in [0.05, 0.1) is 12.7 Å². The van der Waals surface area contributed by atoms with Crippen molar-refractivity contribution in [2.24, 2.45) is 0 Å². The van der Waals surface area contributed by atoms with Crippen LogP contribution in [0.4, 0.5) is 10.1 Å². The van der Waals surface area contributed by atoms with Crippen LogP contribution >= 0.6 is 0 Å². The third-order valence-electron chi connectivity index (χ3n) is 4.93. The van der Waals surface area contributed by atoms with Crippen molar-refractivity contribution in [1.29, 1.82) is 0 Å². The van der Waals surface area contributed by atoms with Gasteiger partial charge in [0, 0.05) is 38.9 Å². The first kappa shape index (κ1) is 19.3. The van der Waals surface area contributed by atoms with Gasteiger partial charge in [-0.2, -0.15) is 0 Å². The van der Waals surface area contributed by atoms with Gasteiger partial charge in [-0.3, -0.25) is 4.90 Å². The van der Waals surface area contributed by atoms with Gasteiger partial charge < -0.3 is 14.7 Å². The summed E-state index contributed by atoms with van der Waals surface area (Å²) in [5.74, 6) is -0.585. The van der Waals surface area contributed by atoms with Gasteiger partial charge in [-0.15, -0.1) is 0 Å². The van der Waals surface area contributed by atoms with E-state index in [9.17, 15) is 14.3 Å². The minimum Gasteiger partial charge on any atom is -0.465 e. The number of β-amino-alcohol motifs (C(OH)–C–C–N with tert-alkyl or cyclic N) is 1. The lowest BCUT2D eigenvalue weighted by molar-refractivity contribution is -0.0896. The van der Waals surface area contributed by atoms with Gasteiger partial charge in [0.2, 0.25) is 0 Å². The van der Waals surface area contributed by atoms with E-state index in [1.165, 1.54) is 19.2 Å². The molecule has 2 aromatic rings. The number of esters is 1. The molecule has 3 rings (SSSR count). The zero-order valence-electron chi connectivity index (χ0n) is 15.7. The van der Waals surface area contributed by atoms with Gasteiger partial charge in [0.25, 0.3) is 0 Å². The van der Waals surface area contributed by atoms with Gasteiger partial charge in [0.15, 0.2) is 0 Å². The molecule has 0 bridgehead atoms. The van der Waals surface area contributed by atoms with E-state index >= 15 is 0 Å². The lowest BCUT2D eigenvalue weighted by atomic mass is 9.92. The number of ether oxygens (including phenoxy) is 1. The quantitative estimate of drug-likeness (QED) is 0.756. The van der Waals surface area contributed by atoms with Crippen LogP contribution < -0.4 is 4.90 Å². The van der Waals surface area contributed by atoms with Crippen LogP contribution in [0, 0.1) is 5.82 Å². The molecule has 144 valence electrons. The summed E-state index contributed by atoms with van der Waals surface area (Å²) in [6.07, 6.45) is 0.835. The Morgan fingerprint density at radius 1 is 1.19 bits per heavy atom. The number of anilines is 1. The molecule has 0 amide bonds. The summed E-state index contributed by atoms with van der Waals surface area (Å²) in [6, 6.07) is 13.7. The van der Waals surface area contributed by atoms with Crippen LogP contribution in [0.3, 0.4) is 0 Å². The van der Waals surface area contributed by atoms with Crippen LogP contribution in [0.25, 0.3) is 0 Å². The number of rotatable bonds is 7. The molecule has 27 heavy (non-hydrogen) atoms. The van der Waals surface area contributed by atoms with Crippen LogP contribution in [-0.2, 0) is 11.2 Å². The first-order valence-electron chi connectivity index (χ1n) is 8.97. The van der Waals surface area contributed by atoms with Gasteiger partial charge in [-0.05, 0) is 48.4 Å². The molecule has 0 aliphatic carbocycles. The first-order chi connectivity index (χ1) is 12.9. The van der Waals surface area contributed by atoms with Crippen LogP contribution in [0.15, 0.2) is 48.5 Å². The van der Waals surface area contributed by atoms with Crippen LogP contribution in [0.2, 0.25) is 0 Å². The van der Waals surface area contributed by atoms with E-state index in [1.54, 1.807) is 24.3 Å². The van der Waals surface area contributed by atoms with Crippen molar-refractivity contribution in [3.63, 3.8) is 0 Å². The summed E-state index contributed by atoms with van der Waals surface area (Å²) < 4.78 is 17.6. The van der Waals surface area contributed by atoms with E-state index in [2.05, 4.69) is 4.90 Å². The maximum Gasteiger partial charge on any atom is 0.337 e. The van der Waals surface area contributed by atoms with Crippen molar-refractivity contribution in [2.75, 3.05) is 45.2 Å². The molecule has 0 saturated carbocycles. The number of aliphatic hydroxyl groups is 1. The fourth-order valence-electron chi connectivity index (χ4n) is 3.49. The summed E-state index contributed by atoms with van der Waals surface area (Å²) in [6.45, 7) is 2.57. The highest BCUT2D eigenvalue weighted by atomic mass is 19.1. The molecule has 1 aliphatic heterocycles. The molecule has 1 fully saturated rings. The molecule has 0 spiro atoms. The Morgan fingerprint density at radius 2 is 1.81 bits per heavy atom. The summed E-state index contributed by atoms with van der Waals surface area (Å²) >= 11 is 0. The Kier molecular flexibility index (Phi) is 5.77. The van der Waals surface area contributed by atoms with E-state index in [-0.39, 0.29) is 11.8 Å². The second kappa shape index (κ2) is 8.06. The molecular formula is C21H25FN2O3. The molecule has 0 radical (unpaired) electrons. The highest BCUT2D eigenvalue weighted by Gasteiger charge is 2.41. The average Bonchev–Trinajstić information content (AvgIpc) is 2.65. The molecule has 1 saturated heterocycles. The third-order valence-corrected chi connectivity index (χ3v) is 4.93. The standard InChI is InChI=1S/C21H25FN2O3/c1-23(19-9-5-17(6-10-19)20(25)27-2)13-21(26)14-24(15-21)12-11-16-3-7-18(22)8-4-16/h3-10,26H,11-15H2,1-2H3. The average molecular weight is 372 g/mol. The molecular weight excluding hydrogens is 347 g/mol. The number of methoxy groups -OCH3 is 1. The monoisotopic (exact) mass is 372 g/mol. The van der Waals surface area contributed by atoms with Crippen molar-refractivity contribution in [3.8, 4) is 0 Å². The normalized spacial score (nSPS) is 15.9. The topological polar surface area (TPSA) is 53.0 Å². The van der Waals surface area contributed by atoms with E-state index in [0.717, 1.165) is 24.2 Å². The van der Waals surface area contributed by atoms with E-state index < -0.39 is 5.60 Å². The van der Waals surface area contributed by atoms with E-state index in [1.807, 2.05) is 24.1 Å². The Morgan fingerprint density at radius 3 is 2.41 bits per heavy atom. The van der Waals surface area contributed by atoms with Gasteiger partial charge in [-0.25, -0.2) is 9.18 Å². The summed E-state index contributed by atoms with van der Waals surface area (Å²) in [4.78, 5) is 15.7. The van der Waals surface area contributed by atoms with Crippen molar-refractivity contribution < 1.29 is 19.0 Å². The summed E-state index contributed by atoms with van der Waals surface area (Å²) in [5.41, 5.74) is 1.78. The van der Waals surface area contributed by atoms with Crippen LogP contribution in [0.1, 0.15) is 15.9 Å². The Labute approximate surface area is 159 Å². The zero-order chi connectivity index (χ0) is 19.4. The highest BCUT2D eigenvalue weighted by molar-refractivity contribution is 5.89. The van der Waals surface area contributed by atoms with Gasteiger partial charge >= 0.3 is 5.97 Å². The number of carbonyl (C=O) groups excluding carboxylic acids is 1.